The molecule has 2 rings (SSSR count). The van der Waals surface area contributed by atoms with Gasteiger partial charge in [-0.05, 0) is 23.8 Å². The molecule has 3 N–H and O–H groups in total. The van der Waals surface area contributed by atoms with Crippen molar-refractivity contribution in [3.63, 3.8) is 0 Å². The van der Waals surface area contributed by atoms with Gasteiger partial charge in [-0.2, -0.15) is 0 Å². The lowest BCUT2D eigenvalue weighted by Gasteiger charge is -2.03. The van der Waals surface area contributed by atoms with Crippen LogP contribution in [0.15, 0.2) is 53.4 Å². The van der Waals surface area contributed by atoms with Crippen LogP contribution in [0.25, 0.3) is 0 Å². The molecule has 2 nitrogen and oxygen atoms in total. The van der Waals surface area contributed by atoms with Gasteiger partial charge in [0.05, 0.1) is 0 Å². The number of benzene rings is 2. The first-order valence-electron chi connectivity index (χ1n) is 5.47. The average Bonchev–Trinajstić information content (AvgIpc) is 2.37. The number of thioether (sulfide) groups is 1. The zero-order chi connectivity index (χ0) is 13.0. The zero-order valence-electron chi connectivity index (χ0n) is 9.69. The highest BCUT2D eigenvalue weighted by molar-refractivity contribution is 7.98. The van der Waals surface area contributed by atoms with Crippen molar-refractivity contribution in [2.75, 3.05) is 0 Å². The van der Waals surface area contributed by atoms with Gasteiger partial charge in [0.15, 0.2) is 0 Å². The molecule has 2 aromatic rings. The third-order valence-corrected chi connectivity index (χ3v) is 3.53. The second-order valence-electron chi connectivity index (χ2n) is 3.86. The summed E-state index contributed by atoms with van der Waals surface area (Å²) in [6.07, 6.45) is 0. The van der Waals surface area contributed by atoms with E-state index in [2.05, 4.69) is 0 Å². The Hall–Kier alpha value is -1.81. The molecular weight excluding hydrogens is 247 g/mol. The SMILES string of the molecule is N=C(N)c1ccc(CSc2cccc(F)c2)cc1. The van der Waals surface area contributed by atoms with Crippen molar-refractivity contribution in [3.8, 4) is 0 Å². The minimum atomic E-state index is -0.216. The summed E-state index contributed by atoms with van der Waals surface area (Å²) in [5.74, 6) is 0.619. The third-order valence-electron chi connectivity index (χ3n) is 2.47. The molecule has 0 fully saturated rings. The number of hydrogen-bond acceptors (Lipinski definition) is 2. The van der Waals surface area contributed by atoms with E-state index < -0.39 is 0 Å². The summed E-state index contributed by atoms with van der Waals surface area (Å²) >= 11 is 1.58. The Morgan fingerprint density at radius 3 is 2.50 bits per heavy atom. The second-order valence-corrected chi connectivity index (χ2v) is 4.91. The Bertz CT molecular complexity index is 552. The molecular formula is C14H13FN2S. The van der Waals surface area contributed by atoms with E-state index in [-0.39, 0.29) is 11.7 Å². The summed E-state index contributed by atoms with van der Waals surface area (Å²) in [5, 5.41) is 7.30. The van der Waals surface area contributed by atoms with Gasteiger partial charge < -0.3 is 5.73 Å². The Labute approximate surface area is 110 Å². The van der Waals surface area contributed by atoms with Crippen LogP contribution in [0.5, 0.6) is 0 Å². The van der Waals surface area contributed by atoms with Crippen molar-refractivity contribution in [1.29, 1.82) is 5.41 Å². The van der Waals surface area contributed by atoms with E-state index >= 15 is 0 Å². The number of halogens is 1. The summed E-state index contributed by atoms with van der Waals surface area (Å²) in [4.78, 5) is 0.908. The highest BCUT2D eigenvalue weighted by Crippen LogP contribution is 2.23. The molecule has 92 valence electrons. The van der Waals surface area contributed by atoms with E-state index in [1.807, 2.05) is 30.3 Å². The monoisotopic (exact) mass is 260 g/mol. The van der Waals surface area contributed by atoms with Crippen LogP contribution in [-0.2, 0) is 5.75 Å². The Balaban J connectivity index is 2.00. The second kappa shape index (κ2) is 5.69. The van der Waals surface area contributed by atoms with Gasteiger partial charge >= 0.3 is 0 Å². The van der Waals surface area contributed by atoms with Gasteiger partial charge in [0.1, 0.15) is 11.7 Å². The van der Waals surface area contributed by atoms with Crippen LogP contribution in [0.2, 0.25) is 0 Å². The Morgan fingerprint density at radius 2 is 1.89 bits per heavy atom. The molecule has 0 heterocycles. The van der Waals surface area contributed by atoms with E-state index in [0.717, 1.165) is 21.8 Å². The topological polar surface area (TPSA) is 49.9 Å². The van der Waals surface area contributed by atoms with Crippen molar-refractivity contribution in [2.45, 2.75) is 10.6 Å². The van der Waals surface area contributed by atoms with Crippen LogP contribution in [-0.4, -0.2) is 5.84 Å². The number of nitrogen functional groups attached to an aromatic ring is 1. The van der Waals surface area contributed by atoms with Crippen LogP contribution in [0.3, 0.4) is 0 Å². The lowest BCUT2D eigenvalue weighted by molar-refractivity contribution is 0.624. The van der Waals surface area contributed by atoms with E-state index in [1.165, 1.54) is 12.1 Å². The van der Waals surface area contributed by atoms with Crippen molar-refractivity contribution in [2.24, 2.45) is 5.73 Å². The number of amidine groups is 1. The minimum absolute atomic E-state index is 0.0688. The molecule has 0 bridgehead atoms. The quantitative estimate of drug-likeness (QED) is 0.503. The molecule has 0 aliphatic rings. The van der Waals surface area contributed by atoms with Crippen molar-refractivity contribution < 1.29 is 4.39 Å². The third kappa shape index (κ3) is 3.34. The predicted octanol–water partition coefficient (Wildman–Crippen LogP) is 3.40. The molecule has 0 saturated heterocycles. The number of hydrogen-bond donors (Lipinski definition) is 2. The first kappa shape index (κ1) is 12.6. The molecule has 4 heteroatoms. The molecule has 0 atom stereocenters. The van der Waals surface area contributed by atoms with Crippen molar-refractivity contribution in [3.05, 3.63) is 65.5 Å². The first-order chi connectivity index (χ1) is 8.65. The van der Waals surface area contributed by atoms with Crippen LogP contribution >= 0.6 is 11.8 Å². The van der Waals surface area contributed by atoms with Gasteiger partial charge in [-0.15, -0.1) is 11.8 Å². The lowest BCUT2D eigenvalue weighted by Crippen LogP contribution is -2.10. The van der Waals surface area contributed by atoms with Crippen molar-refractivity contribution >= 4 is 17.6 Å². The highest BCUT2D eigenvalue weighted by Gasteiger charge is 1.99. The van der Waals surface area contributed by atoms with E-state index in [4.69, 9.17) is 11.1 Å². The van der Waals surface area contributed by atoms with Gasteiger partial charge in [0, 0.05) is 16.2 Å². The van der Waals surface area contributed by atoms with Gasteiger partial charge in [-0.3, -0.25) is 5.41 Å². The first-order valence-corrected chi connectivity index (χ1v) is 6.45. The molecule has 0 aromatic heterocycles. The Kier molecular flexibility index (Phi) is 3.99. The summed E-state index contributed by atoms with van der Waals surface area (Å²) in [6, 6.07) is 14.1. The van der Waals surface area contributed by atoms with Crippen LogP contribution in [0, 0.1) is 11.2 Å². The number of nitrogens with two attached hydrogens (primary N) is 1. The maximum atomic E-state index is 13.0. The van der Waals surface area contributed by atoms with E-state index in [0.29, 0.717) is 0 Å². The largest absolute Gasteiger partial charge is 0.384 e. The molecule has 0 aliphatic heterocycles. The molecule has 0 amide bonds. The smallest absolute Gasteiger partial charge is 0.124 e. The summed E-state index contributed by atoms with van der Waals surface area (Å²) in [7, 11) is 0. The fraction of sp³-hybridized carbons (Fsp3) is 0.0714. The van der Waals surface area contributed by atoms with E-state index in [9.17, 15) is 4.39 Å². The molecule has 0 radical (unpaired) electrons. The summed E-state index contributed by atoms with van der Waals surface area (Å²) < 4.78 is 13.0. The van der Waals surface area contributed by atoms with Gasteiger partial charge in [-0.25, -0.2) is 4.39 Å². The van der Waals surface area contributed by atoms with Crippen molar-refractivity contribution in [1.82, 2.24) is 0 Å². The van der Waals surface area contributed by atoms with Crippen LogP contribution in [0.1, 0.15) is 11.1 Å². The zero-order valence-corrected chi connectivity index (χ0v) is 10.5. The highest BCUT2D eigenvalue weighted by atomic mass is 32.2. The maximum absolute atomic E-state index is 13.0. The minimum Gasteiger partial charge on any atom is -0.384 e. The molecule has 0 spiro atoms. The van der Waals surface area contributed by atoms with Gasteiger partial charge in [-0.1, -0.05) is 30.3 Å². The fourth-order valence-corrected chi connectivity index (χ4v) is 2.40. The lowest BCUT2D eigenvalue weighted by atomic mass is 10.1. The van der Waals surface area contributed by atoms with E-state index in [1.54, 1.807) is 17.8 Å². The standard InChI is InChI=1S/C14H13FN2S/c15-12-2-1-3-13(8-12)18-9-10-4-6-11(7-5-10)14(16)17/h1-8H,9H2,(H3,16,17). The molecule has 2 aromatic carbocycles. The molecule has 0 aliphatic carbocycles. The van der Waals surface area contributed by atoms with Crippen LogP contribution < -0.4 is 5.73 Å². The van der Waals surface area contributed by atoms with Gasteiger partial charge in [0.2, 0.25) is 0 Å². The number of rotatable bonds is 4. The average molecular weight is 260 g/mol. The number of nitrogens with one attached hydrogen (secondary N) is 1. The molecule has 18 heavy (non-hydrogen) atoms. The maximum Gasteiger partial charge on any atom is 0.124 e. The summed E-state index contributed by atoms with van der Waals surface area (Å²) in [6.45, 7) is 0. The molecule has 0 unspecified atom stereocenters. The van der Waals surface area contributed by atoms with Crippen LogP contribution in [0.4, 0.5) is 4.39 Å². The fourth-order valence-electron chi connectivity index (χ4n) is 1.50. The normalized spacial score (nSPS) is 10.3. The summed E-state index contributed by atoms with van der Waals surface area (Å²) in [5.41, 5.74) is 7.22. The Morgan fingerprint density at radius 1 is 1.17 bits per heavy atom. The predicted molar refractivity (Wildman–Crippen MR) is 73.4 cm³/mol. The molecule has 0 saturated carbocycles. The van der Waals surface area contributed by atoms with Gasteiger partial charge in [0.25, 0.3) is 0 Å².